The molecule has 2 aromatic carbocycles. The molecule has 2 aromatic rings. The van der Waals surface area contributed by atoms with Crippen molar-refractivity contribution in [2.45, 2.75) is 30.8 Å². The zero-order chi connectivity index (χ0) is 15.6. The van der Waals surface area contributed by atoms with Crippen molar-refractivity contribution in [1.29, 1.82) is 0 Å². The van der Waals surface area contributed by atoms with Crippen LogP contribution in [0.2, 0.25) is 0 Å². The van der Waals surface area contributed by atoms with Crippen molar-refractivity contribution >= 4 is 0 Å². The van der Waals surface area contributed by atoms with Gasteiger partial charge in [0.2, 0.25) is 0 Å². The lowest BCUT2D eigenvalue weighted by molar-refractivity contribution is 0.0205. The number of aliphatic hydroxyl groups is 1. The van der Waals surface area contributed by atoms with E-state index in [9.17, 15) is 25.5 Å². The average Bonchev–Trinajstić information content (AvgIpc) is 2.75. The van der Waals surface area contributed by atoms with Gasteiger partial charge in [-0.2, -0.15) is 0 Å². The van der Waals surface area contributed by atoms with Crippen molar-refractivity contribution in [3.8, 4) is 23.0 Å². The maximum atomic E-state index is 11.0. The van der Waals surface area contributed by atoms with E-state index in [4.69, 9.17) is 0 Å². The number of rotatable bonds is 0. The second kappa shape index (κ2) is 4.08. The summed E-state index contributed by atoms with van der Waals surface area (Å²) in [6, 6.07) is 6.09. The molecule has 114 valence electrons. The van der Waals surface area contributed by atoms with Gasteiger partial charge in [-0.3, -0.25) is 0 Å². The topological polar surface area (TPSA) is 101 Å². The first-order valence-electron chi connectivity index (χ1n) is 7.21. The molecule has 5 heteroatoms. The van der Waals surface area contributed by atoms with Gasteiger partial charge in [0.05, 0.1) is 5.60 Å². The van der Waals surface area contributed by atoms with Crippen LogP contribution in [0, 0.1) is 0 Å². The Morgan fingerprint density at radius 2 is 1.64 bits per heavy atom. The minimum absolute atomic E-state index is 0.143. The highest BCUT2D eigenvalue weighted by Gasteiger charge is 2.49. The van der Waals surface area contributed by atoms with Crippen LogP contribution < -0.4 is 0 Å². The third-order valence-electron chi connectivity index (χ3n) is 5.00. The van der Waals surface area contributed by atoms with Gasteiger partial charge in [0.1, 0.15) is 0 Å². The van der Waals surface area contributed by atoms with Gasteiger partial charge in [-0.15, -0.1) is 0 Å². The second-order valence-corrected chi connectivity index (χ2v) is 6.25. The predicted molar refractivity (Wildman–Crippen MR) is 78.4 cm³/mol. The van der Waals surface area contributed by atoms with Gasteiger partial charge in [0.15, 0.2) is 23.0 Å². The van der Waals surface area contributed by atoms with Crippen LogP contribution in [0.4, 0.5) is 0 Å². The molecule has 0 aromatic heterocycles. The lowest BCUT2D eigenvalue weighted by Crippen LogP contribution is -2.38. The molecule has 2 aliphatic carbocycles. The maximum Gasteiger partial charge on any atom is 0.160 e. The fourth-order valence-electron chi connectivity index (χ4n) is 3.98. The first-order valence-corrected chi connectivity index (χ1v) is 7.21. The van der Waals surface area contributed by atoms with Crippen molar-refractivity contribution in [3.63, 3.8) is 0 Å². The zero-order valence-corrected chi connectivity index (χ0v) is 11.7. The summed E-state index contributed by atoms with van der Waals surface area (Å²) >= 11 is 0. The molecule has 5 N–H and O–H groups in total. The van der Waals surface area contributed by atoms with Gasteiger partial charge < -0.3 is 25.5 Å². The van der Waals surface area contributed by atoms with E-state index in [0.717, 1.165) is 16.7 Å². The van der Waals surface area contributed by atoms with Crippen LogP contribution in [0.15, 0.2) is 24.3 Å². The first kappa shape index (κ1) is 13.3. The molecule has 2 aliphatic rings. The van der Waals surface area contributed by atoms with Gasteiger partial charge in [0.25, 0.3) is 0 Å². The molecule has 0 amide bonds. The van der Waals surface area contributed by atoms with E-state index in [1.165, 1.54) is 18.2 Å². The van der Waals surface area contributed by atoms with Crippen LogP contribution >= 0.6 is 0 Å². The Morgan fingerprint density at radius 3 is 2.41 bits per heavy atom. The van der Waals surface area contributed by atoms with E-state index in [0.29, 0.717) is 24.8 Å². The van der Waals surface area contributed by atoms with E-state index in [1.807, 2.05) is 0 Å². The minimum Gasteiger partial charge on any atom is -0.504 e. The Labute approximate surface area is 126 Å². The summed E-state index contributed by atoms with van der Waals surface area (Å²) in [5.41, 5.74) is 1.94. The summed E-state index contributed by atoms with van der Waals surface area (Å²) in [5.74, 6) is -1.12. The summed E-state index contributed by atoms with van der Waals surface area (Å²) in [7, 11) is 0. The van der Waals surface area contributed by atoms with Crippen molar-refractivity contribution in [3.05, 3.63) is 46.5 Å². The molecule has 0 heterocycles. The Hall–Kier alpha value is -2.40. The monoisotopic (exact) mass is 300 g/mol. The summed E-state index contributed by atoms with van der Waals surface area (Å²) in [4.78, 5) is 0. The molecule has 0 bridgehead atoms. The number of benzene rings is 2. The lowest BCUT2D eigenvalue weighted by atomic mass is 9.72. The number of hydrogen-bond donors (Lipinski definition) is 5. The molecule has 1 unspecified atom stereocenters. The molecule has 2 atom stereocenters. The van der Waals surface area contributed by atoms with Crippen LogP contribution in [-0.4, -0.2) is 31.1 Å². The third kappa shape index (κ3) is 1.57. The minimum atomic E-state index is -1.00. The molecule has 4 rings (SSSR count). The van der Waals surface area contributed by atoms with Crippen LogP contribution in [0.5, 0.6) is 23.0 Å². The highest BCUT2D eigenvalue weighted by Crippen LogP contribution is 2.54. The summed E-state index contributed by atoms with van der Waals surface area (Å²) in [6.45, 7) is 0. The van der Waals surface area contributed by atoms with Crippen molar-refractivity contribution in [2.24, 2.45) is 0 Å². The highest BCUT2D eigenvalue weighted by atomic mass is 16.3. The van der Waals surface area contributed by atoms with Crippen molar-refractivity contribution in [2.75, 3.05) is 0 Å². The Bertz CT molecular complexity index is 798. The van der Waals surface area contributed by atoms with Crippen LogP contribution in [-0.2, 0) is 12.8 Å². The molecular weight excluding hydrogens is 284 g/mol. The number of hydrogen-bond acceptors (Lipinski definition) is 5. The maximum absolute atomic E-state index is 11.0. The van der Waals surface area contributed by atoms with E-state index in [1.54, 1.807) is 6.07 Å². The second-order valence-electron chi connectivity index (χ2n) is 6.25. The quantitative estimate of drug-likeness (QED) is 0.478. The van der Waals surface area contributed by atoms with Gasteiger partial charge >= 0.3 is 0 Å². The molecule has 0 fully saturated rings. The number of aromatic hydroxyl groups is 4. The van der Waals surface area contributed by atoms with Crippen LogP contribution in [0.25, 0.3) is 0 Å². The molecule has 0 aliphatic heterocycles. The number of phenols is 4. The van der Waals surface area contributed by atoms with Crippen LogP contribution in [0.3, 0.4) is 0 Å². The highest BCUT2D eigenvalue weighted by molar-refractivity contribution is 5.60. The van der Waals surface area contributed by atoms with Crippen molar-refractivity contribution in [1.82, 2.24) is 0 Å². The van der Waals surface area contributed by atoms with Crippen molar-refractivity contribution < 1.29 is 25.5 Å². The average molecular weight is 300 g/mol. The number of fused-ring (bicyclic) bond motifs is 5. The zero-order valence-electron chi connectivity index (χ0n) is 11.7. The normalized spacial score (nSPS) is 25.4. The molecule has 0 radical (unpaired) electrons. The molecular formula is C17H16O5. The van der Waals surface area contributed by atoms with Gasteiger partial charge in [0, 0.05) is 17.9 Å². The Balaban J connectivity index is 1.97. The molecule has 0 saturated carbocycles. The Morgan fingerprint density at radius 1 is 0.909 bits per heavy atom. The van der Waals surface area contributed by atoms with E-state index in [-0.39, 0.29) is 28.9 Å². The molecule has 5 nitrogen and oxygen atoms in total. The van der Waals surface area contributed by atoms with Gasteiger partial charge in [-0.05, 0) is 47.7 Å². The van der Waals surface area contributed by atoms with E-state index in [2.05, 4.69) is 0 Å². The molecule has 22 heavy (non-hydrogen) atoms. The molecule has 0 spiro atoms. The lowest BCUT2D eigenvalue weighted by Gasteiger charge is -2.37. The largest absolute Gasteiger partial charge is 0.504 e. The summed E-state index contributed by atoms with van der Waals surface area (Å²) in [6.07, 6.45) is 1.30. The smallest absolute Gasteiger partial charge is 0.160 e. The SMILES string of the molecule is Oc1cc2c(cc1O)C1c3ccc(O)c(O)c3CC[C@]1(O)C2. The third-order valence-corrected chi connectivity index (χ3v) is 5.00. The van der Waals surface area contributed by atoms with E-state index < -0.39 is 5.60 Å². The van der Waals surface area contributed by atoms with Gasteiger partial charge in [-0.1, -0.05) is 6.07 Å². The predicted octanol–water partition coefficient (Wildman–Crippen LogP) is 1.87. The first-order chi connectivity index (χ1) is 10.4. The van der Waals surface area contributed by atoms with Crippen LogP contribution in [0.1, 0.15) is 34.6 Å². The molecule has 0 saturated heterocycles. The Kier molecular flexibility index (Phi) is 2.46. The number of phenolic OH excluding ortho intramolecular Hbond substituents is 4. The summed E-state index contributed by atoms with van der Waals surface area (Å²) in [5, 5.41) is 50.2. The summed E-state index contributed by atoms with van der Waals surface area (Å²) < 4.78 is 0. The standard InChI is InChI=1S/C17H16O5/c18-12-2-1-9-10(16(12)21)3-4-17(22)7-8-5-13(19)14(20)6-11(8)15(9)17/h1-2,5-6,15,18-22H,3-4,7H2/t15?,17-/m0/s1. The fourth-order valence-corrected chi connectivity index (χ4v) is 3.98. The fraction of sp³-hybridized carbons (Fsp3) is 0.294. The van der Waals surface area contributed by atoms with Gasteiger partial charge in [-0.25, -0.2) is 0 Å². The van der Waals surface area contributed by atoms with E-state index >= 15 is 0 Å².